The maximum atomic E-state index is 13.1. The standard InChI is InChI=1S/C17H18Cl2N2O3/c1-9-7-21(8-10(2)23-9)17(22)14-11(3)24-20-16(14)15-12(18)5-4-6-13(15)19/h4-6,9-10H,7-8H2,1-3H3/t9-,10+. The van der Waals surface area contributed by atoms with E-state index in [1.165, 1.54) is 0 Å². The molecule has 1 aromatic carbocycles. The van der Waals surface area contributed by atoms with Crippen LogP contribution in [-0.4, -0.2) is 41.3 Å². The zero-order chi connectivity index (χ0) is 17.4. The highest BCUT2D eigenvalue weighted by molar-refractivity contribution is 6.39. The largest absolute Gasteiger partial charge is 0.372 e. The number of ether oxygens (including phenoxy) is 1. The van der Waals surface area contributed by atoms with Crippen LogP contribution >= 0.6 is 23.2 Å². The van der Waals surface area contributed by atoms with Crippen molar-refractivity contribution in [3.8, 4) is 11.3 Å². The number of aromatic nitrogens is 1. The van der Waals surface area contributed by atoms with Gasteiger partial charge in [0, 0.05) is 18.7 Å². The number of aryl methyl sites for hydroxylation is 1. The Morgan fingerprint density at radius 1 is 1.21 bits per heavy atom. The molecule has 24 heavy (non-hydrogen) atoms. The topological polar surface area (TPSA) is 55.6 Å². The van der Waals surface area contributed by atoms with Crippen molar-refractivity contribution in [1.29, 1.82) is 0 Å². The molecule has 1 aromatic heterocycles. The minimum Gasteiger partial charge on any atom is -0.372 e. The third-order valence-electron chi connectivity index (χ3n) is 3.98. The fourth-order valence-electron chi connectivity index (χ4n) is 3.02. The fourth-order valence-corrected chi connectivity index (χ4v) is 3.60. The fraction of sp³-hybridized carbons (Fsp3) is 0.412. The minimum atomic E-state index is -0.151. The van der Waals surface area contributed by atoms with Gasteiger partial charge in [0.25, 0.3) is 5.91 Å². The zero-order valence-corrected chi connectivity index (χ0v) is 15.2. The molecule has 0 aliphatic carbocycles. The van der Waals surface area contributed by atoms with Gasteiger partial charge in [0.2, 0.25) is 0 Å². The molecule has 1 aliphatic heterocycles. The van der Waals surface area contributed by atoms with Crippen molar-refractivity contribution in [3.63, 3.8) is 0 Å². The molecule has 2 heterocycles. The first-order chi connectivity index (χ1) is 11.4. The van der Waals surface area contributed by atoms with Gasteiger partial charge >= 0.3 is 0 Å². The van der Waals surface area contributed by atoms with E-state index in [0.29, 0.717) is 45.7 Å². The number of amides is 1. The van der Waals surface area contributed by atoms with Crippen molar-refractivity contribution in [2.45, 2.75) is 33.0 Å². The van der Waals surface area contributed by atoms with Crippen LogP contribution in [0, 0.1) is 6.92 Å². The molecule has 1 fully saturated rings. The number of halogens is 2. The molecular weight excluding hydrogens is 351 g/mol. The lowest BCUT2D eigenvalue weighted by molar-refractivity contribution is -0.0586. The average Bonchev–Trinajstić information content (AvgIpc) is 2.87. The van der Waals surface area contributed by atoms with E-state index in [1.807, 2.05) is 13.8 Å². The van der Waals surface area contributed by atoms with Crippen molar-refractivity contribution in [3.05, 3.63) is 39.6 Å². The number of carbonyl (C=O) groups excluding carboxylic acids is 1. The average molecular weight is 369 g/mol. The molecule has 7 heteroatoms. The molecule has 1 aliphatic rings. The zero-order valence-electron chi connectivity index (χ0n) is 13.7. The van der Waals surface area contributed by atoms with Gasteiger partial charge in [-0.05, 0) is 32.9 Å². The van der Waals surface area contributed by atoms with Crippen LogP contribution in [0.15, 0.2) is 22.7 Å². The van der Waals surface area contributed by atoms with Crippen LogP contribution in [-0.2, 0) is 4.74 Å². The van der Waals surface area contributed by atoms with E-state index in [0.717, 1.165) is 0 Å². The van der Waals surface area contributed by atoms with Crippen LogP contribution in [0.4, 0.5) is 0 Å². The lowest BCUT2D eigenvalue weighted by Crippen LogP contribution is -2.48. The van der Waals surface area contributed by atoms with Crippen molar-refractivity contribution >= 4 is 29.1 Å². The number of carbonyl (C=O) groups is 1. The molecule has 0 unspecified atom stereocenters. The van der Waals surface area contributed by atoms with Crippen molar-refractivity contribution in [2.75, 3.05) is 13.1 Å². The van der Waals surface area contributed by atoms with Crippen LogP contribution in [0.3, 0.4) is 0 Å². The van der Waals surface area contributed by atoms with E-state index >= 15 is 0 Å². The van der Waals surface area contributed by atoms with Crippen LogP contribution < -0.4 is 0 Å². The molecule has 0 saturated carbocycles. The molecular formula is C17H18Cl2N2O3. The number of nitrogens with zero attached hydrogens (tertiary/aromatic N) is 2. The second-order valence-electron chi connectivity index (χ2n) is 6.03. The SMILES string of the molecule is Cc1onc(-c2c(Cl)cccc2Cl)c1C(=O)N1C[C@@H](C)O[C@@H](C)C1. The highest BCUT2D eigenvalue weighted by Crippen LogP contribution is 2.37. The van der Waals surface area contributed by atoms with E-state index in [9.17, 15) is 4.79 Å². The molecule has 0 N–H and O–H groups in total. The summed E-state index contributed by atoms with van der Waals surface area (Å²) in [7, 11) is 0. The summed E-state index contributed by atoms with van der Waals surface area (Å²) in [5.74, 6) is 0.291. The lowest BCUT2D eigenvalue weighted by atomic mass is 10.0. The highest BCUT2D eigenvalue weighted by atomic mass is 35.5. The van der Waals surface area contributed by atoms with Gasteiger partial charge in [0.15, 0.2) is 0 Å². The van der Waals surface area contributed by atoms with Crippen molar-refractivity contribution in [1.82, 2.24) is 10.1 Å². The molecule has 0 radical (unpaired) electrons. The Kier molecular flexibility index (Phi) is 4.85. The molecule has 2 atom stereocenters. The first-order valence-electron chi connectivity index (χ1n) is 7.74. The van der Waals surface area contributed by atoms with Gasteiger partial charge in [-0.1, -0.05) is 34.4 Å². The second-order valence-corrected chi connectivity index (χ2v) is 6.84. The van der Waals surface area contributed by atoms with Gasteiger partial charge in [0.1, 0.15) is 17.0 Å². The molecule has 2 aromatic rings. The van der Waals surface area contributed by atoms with E-state index in [2.05, 4.69) is 5.16 Å². The van der Waals surface area contributed by atoms with Crippen LogP contribution in [0.5, 0.6) is 0 Å². The van der Waals surface area contributed by atoms with Crippen molar-refractivity contribution < 1.29 is 14.1 Å². The van der Waals surface area contributed by atoms with E-state index in [-0.39, 0.29) is 18.1 Å². The lowest BCUT2D eigenvalue weighted by Gasteiger charge is -2.35. The Hall–Kier alpha value is -1.56. The normalized spacial score (nSPS) is 21.1. The number of hydrogen-bond acceptors (Lipinski definition) is 4. The molecule has 0 spiro atoms. The summed E-state index contributed by atoms with van der Waals surface area (Å²) < 4.78 is 11.0. The van der Waals surface area contributed by atoms with Gasteiger partial charge in [0.05, 0.1) is 22.3 Å². The first-order valence-corrected chi connectivity index (χ1v) is 8.49. The second kappa shape index (κ2) is 6.75. The molecule has 5 nitrogen and oxygen atoms in total. The number of rotatable bonds is 2. The first kappa shape index (κ1) is 17.3. The monoisotopic (exact) mass is 368 g/mol. The Bertz CT molecular complexity index is 745. The highest BCUT2D eigenvalue weighted by Gasteiger charge is 2.32. The Morgan fingerprint density at radius 3 is 2.38 bits per heavy atom. The summed E-state index contributed by atoms with van der Waals surface area (Å²) in [5, 5.41) is 4.89. The van der Waals surface area contributed by atoms with Gasteiger partial charge in [-0.25, -0.2) is 0 Å². The minimum absolute atomic E-state index is 0.0229. The van der Waals surface area contributed by atoms with E-state index in [4.69, 9.17) is 32.5 Å². The predicted molar refractivity (Wildman–Crippen MR) is 92.6 cm³/mol. The Balaban J connectivity index is 2.03. The Morgan fingerprint density at radius 2 is 1.79 bits per heavy atom. The smallest absolute Gasteiger partial charge is 0.259 e. The van der Waals surface area contributed by atoms with E-state index < -0.39 is 0 Å². The predicted octanol–water partition coefficient (Wildman–Crippen LogP) is 4.21. The third-order valence-corrected chi connectivity index (χ3v) is 4.61. The number of benzene rings is 1. The van der Waals surface area contributed by atoms with E-state index in [1.54, 1.807) is 30.0 Å². The molecule has 128 valence electrons. The van der Waals surface area contributed by atoms with Gasteiger partial charge in [-0.2, -0.15) is 0 Å². The molecule has 0 bridgehead atoms. The molecule has 1 amide bonds. The van der Waals surface area contributed by atoms with Crippen LogP contribution in [0.25, 0.3) is 11.3 Å². The quantitative estimate of drug-likeness (QED) is 0.796. The summed E-state index contributed by atoms with van der Waals surface area (Å²) in [6.07, 6.45) is -0.0459. The van der Waals surface area contributed by atoms with Crippen molar-refractivity contribution in [2.24, 2.45) is 0 Å². The summed E-state index contributed by atoms with van der Waals surface area (Å²) in [6, 6.07) is 5.16. The third kappa shape index (κ3) is 3.16. The Labute approximate surface area is 150 Å². The number of hydrogen-bond donors (Lipinski definition) is 0. The number of morpholine rings is 1. The summed E-state index contributed by atoms with van der Waals surface area (Å²) in [6.45, 7) is 6.64. The van der Waals surface area contributed by atoms with Gasteiger partial charge < -0.3 is 14.2 Å². The molecule has 1 saturated heterocycles. The maximum Gasteiger partial charge on any atom is 0.259 e. The summed E-state index contributed by atoms with van der Waals surface area (Å²) in [5.41, 5.74) is 1.28. The summed E-state index contributed by atoms with van der Waals surface area (Å²) >= 11 is 12.5. The van der Waals surface area contributed by atoms with Crippen LogP contribution in [0.2, 0.25) is 10.0 Å². The summed E-state index contributed by atoms with van der Waals surface area (Å²) in [4.78, 5) is 14.8. The molecule has 3 rings (SSSR count). The van der Waals surface area contributed by atoms with Gasteiger partial charge in [-0.15, -0.1) is 0 Å². The maximum absolute atomic E-state index is 13.1. The van der Waals surface area contributed by atoms with Gasteiger partial charge in [-0.3, -0.25) is 4.79 Å². The van der Waals surface area contributed by atoms with Crippen LogP contribution in [0.1, 0.15) is 30.0 Å².